The molecule has 0 aromatic rings. The molecule has 1 atom stereocenters. The van der Waals surface area contributed by atoms with Gasteiger partial charge in [-0.2, -0.15) is 0 Å². The lowest BCUT2D eigenvalue weighted by Gasteiger charge is -2.12. The minimum absolute atomic E-state index is 0.328. The van der Waals surface area contributed by atoms with Gasteiger partial charge in [0.2, 0.25) is 5.91 Å². The number of carbonyl (C=O) groups is 2. The average molecular weight is 312 g/mol. The number of nitrogens with two attached hydrogens (primary N) is 1. The lowest BCUT2D eigenvalue weighted by atomic mass is 10.1. The highest BCUT2D eigenvalue weighted by Crippen LogP contribution is 2.07. The first kappa shape index (κ1) is 20.6. The highest BCUT2D eigenvalue weighted by atomic mass is 16.4. The number of carboxylic acid groups (broad SMARTS) is 1. The Hall–Kier alpha value is -1.36. The lowest BCUT2D eigenvalue weighted by molar-refractivity contribution is -0.141. The first-order valence-corrected chi connectivity index (χ1v) is 8.51. The Balaban J connectivity index is 3.83. The van der Waals surface area contributed by atoms with E-state index in [0.29, 0.717) is 19.4 Å². The molecule has 0 saturated carbocycles. The summed E-state index contributed by atoms with van der Waals surface area (Å²) in [6, 6.07) is -0.822. The zero-order valence-corrected chi connectivity index (χ0v) is 13.9. The normalized spacial score (nSPS) is 12.5. The third-order valence-electron chi connectivity index (χ3n) is 3.56. The summed E-state index contributed by atoms with van der Waals surface area (Å²) in [6.45, 7) is 2.74. The summed E-state index contributed by atoms with van der Waals surface area (Å²) in [5.41, 5.74) is 5.38. The Bertz CT molecular complexity index is 330. The van der Waals surface area contributed by atoms with E-state index >= 15 is 0 Å². The molecule has 0 rings (SSSR count). The zero-order valence-electron chi connectivity index (χ0n) is 13.9. The van der Waals surface area contributed by atoms with Gasteiger partial charge in [-0.3, -0.25) is 4.79 Å². The Morgan fingerprint density at radius 3 is 2.41 bits per heavy atom. The topological polar surface area (TPSA) is 92.4 Å². The molecular weight excluding hydrogens is 280 g/mol. The van der Waals surface area contributed by atoms with E-state index in [1.165, 1.54) is 38.2 Å². The molecule has 0 aliphatic carbocycles. The van der Waals surface area contributed by atoms with Gasteiger partial charge in [-0.15, -0.1) is 0 Å². The smallest absolute Gasteiger partial charge is 0.326 e. The first-order valence-electron chi connectivity index (χ1n) is 8.51. The van der Waals surface area contributed by atoms with Gasteiger partial charge in [-0.05, 0) is 44.7 Å². The van der Waals surface area contributed by atoms with Crippen molar-refractivity contribution in [3.05, 3.63) is 12.2 Å². The van der Waals surface area contributed by atoms with E-state index in [1.54, 1.807) is 0 Å². The Morgan fingerprint density at radius 1 is 1.09 bits per heavy atom. The van der Waals surface area contributed by atoms with E-state index in [2.05, 4.69) is 12.2 Å². The van der Waals surface area contributed by atoms with Crippen molar-refractivity contribution in [3.63, 3.8) is 0 Å². The predicted molar refractivity (Wildman–Crippen MR) is 89.6 cm³/mol. The van der Waals surface area contributed by atoms with E-state index < -0.39 is 12.0 Å². The second kappa shape index (κ2) is 14.6. The Kier molecular flexibility index (Phi) is 13.7. The van der Waals surface area contributed by atoms with Crippen LogP contribution >= 0.6 is 0 Å². The number of hydrogen-bond acceptors (Lipinski definition) is 3. The predicted octanol–water partition coefficient (Wildman–Crippen LogP) is 2.99. The molecule has 0 aliphatic rings. The number of unbranched alkanes of at least 4 members (excludes halogenated alkanes) is 7. The number of nitrogens with one attached hydrogen (secondary N) is 1. The third-order valence-corrected chi connectivity index (χ3v) is 3.56. The van der Waals surface area contributed by atoms with Crippen molar-refractivity contribution in [1.29, 1.82) is 0 Å². The number of hydrogen-bond donors (Lipinski definition) is 3. The minimum Gasteiger partial charge on any atom is -0.480 e. The maximum Gasteiger partial charge on any atom is 0.326 e. The summed E-state index contributed by atoms with van der Waals surface area (Å²) in [4.78, 5) is 22.7. The molecule has 0 aliphatic heterocycles. The highest BCUT2D eigenvalue weighted by Gasteiger charge is 2.17. The van der Waals surface area contributed by atoms with Gasteiger partial charge in [0.25, 0.3) is 0 Å². The van der Waals surface area contributed by atoms with Crippen LogP contribution in [0.2, 0.25) is 0 Å². The van der Waals surface area contributed by atoms with Crippen LogP contribution in [0.15, 0.2) is 12.2 Å². The van der Waals surface area contributed by atoms with Crippen LogP contribution in [0.4, 0.5) is 0 Å². The standard InChI is InChI=1S/C17H32N2O3/c1-2-3-4-5-6-7-8-9-13-16(20)19-15(17(21)22)12-10-11-14-18/h9,13,15H,2-8,10-12,14,18H2,1H3,(H,19,20)(H,21,22)/t15-/m0/s1. The zero-order chi connectivity index (χ0) is 16.6. The van der Waals surface area contributed by atoms with E-state index in [-0.39, 0.29) is 5.91 Å². The van der Waals surface area contributed by atoms with E-state index in [0.717, 1.165) is 19.3 Å². The van der Waals surface area contributed by atoms with Gasteiger partial charge >= 0.3 is 5.97 Å². The van der Waals surface area contributed by atoms with Crippen LogP contribution in [0, 0.1) is 0 Å². The summed E-state index contributed by atoms with van der Waals surface area (Å²) in [5, 5.41) is 11.6. The molecule has 0 aromatic heterocycles. The fourth-order valence-electron chi connectivity index (χ4n) is 2.20. The lowest BCUT2D eigenvalue weighted by Crippen LogP contribution is -2.40. The molecule has 5 nitrogen and oxygen atoms in total. The molecule has 5 heteroatoms. The molecule has 0 spiro atoms. The van der Waals surface area contributed by atoms with Crippen molar-refractivity contribution in [1.82, 2.24) is 5.32 Å². The summed E-state index contributed by atoms with van der Waals surface area (Å²) in [7, 11) is 0. The van der Waals surface area contributed by atoms with Gasteiger partial charge in [-0.25, -0.2) is 4.79 Å². The average Bonchev–Trinajstić information content (AvgIpc) is 2.49. The molecule has 0 heterocycles. The van der Waals surface area contributed by atoms with Crippen molar-refractivity contribution in [2.45, 2.75) is 77.2 Å². The number of allylic oxidation sites excluding steroid dienone is 1. The summed E-state index contributed by atoms with van der Waals surface area (Å²) in [5.74, 6) is -1.32. The van der Waals surface area contributed by atoms with E-state index in [4.69, 9.17) is 10.8 Å². The molecule has 4 N–H and O–H groups in total. The van der Waals surface area contributed by atoms with Gasteiger partial charge in [0, 0.05) is 0 Å². The van der Waals surface area contributed by atoms with Gasteiger partial charge in [0.05, 0.1) is 0 Å². The molecule has 0 aromatic carbocycles. The van der Waals surface area contributed by atoms with Crippen LogP contribution < -0.4 is 11.1 Å². The van der Waals surface area contributed by atoms with Crippen molar-refractivity contribution >= 4 is 11.9 Å². The minimum atomic E-state index is -0.991. The van der Waals surface area contributed by atoms with Crippen LogP contribution in [0.1, 0.15) is 71.1 Å². The van der Waals surface area contributed by atoms with Crippen molar-refractivity contribution < 1.29 is 14.7 Å². The van der Waals surface area contributed by atoms with Gasteiger partial charge in [0.15, 0.2) is 0 Å². The molecule has 0 fully saturated rings. The molecular formula is C17H32N2O3. The van der Waals surface area contributed by atoms with Crippen molar-refractivity contribution in [2.75, 3.05) is 6.54 Å². The fourth-order valence-corrected chi connectivity index (χ4v) is 2.20. The molecule has 1 amide bonds. The Morgan fingerprint density at radius 2 is 1.77 bits per heavy atom. The molecule has 0 bridgehead atoms. The quantitative estimate of drug-likeness (QED) is 0.339. The van der Waals surface area contributed by atoms with Crippen LogP contribution in [0.3, 0.4) is 0 Å². The maximum atomic E-state index is 11.7. The highest BCUT2D eigenvalue weighted by molar-refractivity contribution is 5.91. The largest absolute Gasteiger partial charge is 0.480 e. The molecule has 0 radical (unpaired) electrons. The van der Waals surface area contributed by atoms with Crippen LogP contribution in [0.25, 0.3) is 0 Å². The van der Waals surface area contributed by atoms with Gasteiger partial charge < -0.3 is 16.2 Å². The van der Waals surface area contributed by atoms with E-state index in [9.17, 15) is 9.59 Å². The second-order valence-electron chi connectivity index (χ2n) is 5.64. The van der Waals surface area contributed by atoms with E-state index in [1.807, 2.05) is 6.08 Å². The SMILES string of the molecule is CCCCCCCCC=CC(=O)N[C@@H](CCCCN)C(=O)O. The maximum absolute atomic E-state index is 11.7. The fraction of sp³-hybridized carbons (Fsp3) is 0.765. The van der Waals surface area contributed by atoms with Gasteiger partial charge in [-0.1, -0.05) is 45.1 Å². The van der Waals surface area contributed by atoms with Crippen LogP contribution in [-0.4, -0.2) is 29.6 Å². The first-order chi connectivity index (χ1) is 10.6. The number of rotatable bonds is 14. The van der Waals surface area contributed by atoms with Crippen molar-refractivity contribution in [2.24, 2.45) is 5.73 Å². The molecule has 128 valence electrons. The van der Waals surface area contributed by atoms with Crippen LogP contribution in [-0.2, 0) is 9.59 Å². The van der Waals surface area contributed by atoms with Crippen molar-refractivity contribution in [3.8, 4) is 0 Å². The summed E-state index contributed by atoms with van der Waals surface area (Å²) in [6.07, 6.45) is 13.4. The number of carboxylic acids is 1. The number of amides is 1. The molecule has 0 unspecified atom stereocenters. The third kappa shape index (κ3) is 12.4. The second-order valence-corrected chi connectivity index (χ2v) is 5.64. The molecule has 0 saturated heterocycles. The monoisotopic (exact) mass is 312 g/mol. The molecule has 22 heavy (non-hydrogen) atoms. The summed E-state index contributed by atoms with van der Waals surface area (Å²) < 4.78 is 0. The summed E-state index contributed by atoms with van der Waals surface area (Å²) >= 11 is 0. The number of aliphatic carboxylic acids is 1. The number of carbonyl (C=O) groups excluding carboxylic acids is 1. The Labute approximate surface area is 134 Å². The van der Waals surface area contributed by atoms with Gasteiger partial charge in [0.1, 0.15) is 6.04 Å². The van der Waals surface area contributed by atoms with Crippen LogP contribution in [0.5, 0.6) is 0 Å².